The third-order valence-electron chi connectivity index (χ3n) is 3.93. The molecule has 0 aromatic carbocycles. The minimum atomic E-state index is -0.620. The van der Waals surface area contributed by atoms with Gasteiger partial charge in [-0.25, -0.2) is 0 Å². The van der Waals surface area contributed by atoms with Crippen LogP contribution in [0, 0.1) is 11.3 Å². The largest absolute Gasteiger partial charge is 0.423 e. The summed E-state index contributed by atoms with van der Waals surface area (Å²) in [6, 6.07) is 0. The second kappa shape index (κ2) is 4.75. The Morgan fingerprint density at radius 3 is 2.42 bits per heavy atom. The lowest BCUT2D eigenvalue weighted by molar-refractivity contribution is -0.143. The topological polar surface area (TPSA) is 76.3 Å². The van der Waals surface area contributed by atoms with E-state index in [1.54, 1.807) is 0 Å². The first kappa shape index (κ1) is 13.7. The molecule has 0 aliphatic carbocycles. The van der Waals surface area contributed by atoms with Crippen LogP contribution in [0.2, 0.25) is 0 Å². The molecule has 1 aliphatic rings. The molecule has 2 rings (SSSR count). The molecule has 6 nitrogen and oxygen atoms in total. The molecule has 0 bridgehead atoms. The number of amides is 2. The standard InChI is InChI=1S/C13H19N3O3/c1-5-9-14-15-10(19-9)7-16-11(17)6-13(4,8(2)3)12(16)18/h8H,5-7H2,1-4H3. The molecule has 1 atom stereocenters. The molecule has 1 fully saturated rings. The molecule has 0 N–H and O–H groups in total. The van der Waals surface area contributed by atoms with Crippen molar-refractivity contribution < 1.29 is 14.0 Å². The fourth-order valence-electron chi connectivity index (χ4n) is 2.15. The molecule has 6 heteroatoms. The summed E-state index contributed by atoms with van der Waals surface area (Å²) in [7, 11) is 0. The number of aryl methyl sites for hydroxylation is 1. The summed E-state index contributed by atoms with van der Waals surface area (Å²) in [5.41, 5.74) is -0.620. The van der Waals surface area contributed by atoms with Gasteiger partial charge in [0.25, 0.3) is 0 Å². The molecule has 0 saturated carbocycles. The van der Waals surface area contributed by atoms with Crippen LogP contribution in [0.3, 0.4) is 0 Å². The van der Waals surface area contributed by atoms with Gasteiger partial charge in [0.2, 0.25) is 23.6 Å². The highest BCUT2D eigenvalue weighted by Gasteiger charge is 2.50. The average Bonchev–Trinajstić information content (AvgIpc) is 2.89. The maximum atomic E-state index is 12.4. The number of imide groups is 1. The van der Waals surface area contributed by atoms with Crippen molar-refractivity contribution in [1.82, 2.24) is 15.1 Å². The van der Waals surface area contributed by atoms with Crippen LogP contribution in [0.1, 0.15) is 45.9 Å². The second-order valence-electron chi connectivity index (χ2n) is 5.48. The molecule has 1 aliphatic heterocycles. The van der Waals surface area contributed by atoms with Crippen LogP contribution in [0.15, 0.2) is 4.42 Å². The number of likely N-dealkylation sites (tertiary alicyclic amines) is 1. The fourth-order valence-corrected chi connectivity index (χ4v) is 2.15. The molecule has 1 saturated heterocycles. The van der Waals surface area contributed by atoms with Crippen molar-refractivity contribution >= 4 is 11.8 Å². The average molecular weight is 265 g/mol. The molecule has 1 aromatic heterocycles. The molecule has 2 amide bonds. The lowest BCUT2D eigenvalue weighted by atomic mass is 9.78. The zero-order valence-electron chi connectivity index (χ0n) is 11.8. The van der Waals surface area contributed by atoms with E-state index < -0.39 is 5.41 Å². The summed E-state index contributed by atoms with van der Waals surface area (Å²) in [6.45, 7) is 7.72. The van der Waals surface area contributed by atoms with Gasteiger partial charge in [-0.2, -0.15) is 0 Å². The summed E-state index contributed by atoms with van der Waals surface area (Å²) in [5.74, 6) is 0.622. The molecule has 1 aromatic rings. The quantitative estimate of drug-likeness (QED) is 0.772. The van der Waals surface area contributed by atoms with E-state index in [-0.39, 0.29) is 30.7 Å². The van der Waals surface area contributed by atoms with E-state index in [0.29, 0.717) is 18.2 Å². The Balaban J connectivity index is 2.17. The second-order valence-corrected chi connectivity index (χ2v) is 5.48. The molecule has 19 heavy (non-hydrogen) atoms. The fraction of sp³-hybridized carbons (Fsp3) is 0.692. The van der Waals surface area contributed by atoms with Crippen LogP contribution >= 0.6 is 0 Å². The summed E-state index contributed by atoms with van der Waals surface area (Å²) < 4.78 is 5.35. The summed E-state index contributed by atoms with van der Waals surface area (Å²) in [5, 5.41) is 7.68. The smallest absolute Gasteiger partial charge is 0.236 e. The number of hydrogen-bond donors (Lipinski definition) is 0. The van der Waals surface area contributed by atoms with E-state index in [2.05, 4.69) is 10.2 Å². The monoisotopic (exact) mass is 265 g/mol. The number of carbonyl (C=O) groups is 2. The van der Waals surface area contributed by atoms with Gasteiger partial charge in [-0.3, -0.25) is 14.5 Å². The van der Waals surface area contributed by atoms with E-state index in [9.17, 15) is 9.59 Å². The van der Waals surface area contributed by atoms with E-state index in [1.807, 2.05) is 27.7 Å². The Bertz CT molecular complexity index is 509. The number of nitrogens with zero attached hydrogens (tertiary/aromatic N) is 3. The third-order valence-corrected chi connectivity index (χ3v) is 3.93. The molecular formula is C13H19N3O3. The normalized spacial score (nSPS) is 23.7. The van der Waals surface area contributed by atoms with E-state index >= 15 is 0 Å². The van der Waals surface area contributed by atoms with E-state index in [4.69, 9.17) is 4.42 Å². The Morgan fingerprint density at radius 2 is 1.95 bits per heavy atom. The van der Waals surface area contributed by atoms with E-state index in [1.165, 1.54) is 4.90 Å². The van der Waals surface area contributed by atoms with Gasteiger partial charge < -0.3 is 4.42 Å². The number of rotatable bonds is 4. The van der Waals surface area contributed by atoms with Crippen molar-refractivity contribution in [1.29, 1.82) is 0 Å². The first-order valence-electron chi connectivity index (χ1n) is 6.54. The summed E-state index contributed by atoms with van der Waals surface area (Å²) in [4.78, 5) is 25.6. The minimum absolute atomic E-state index is 0.0764. The highest BCUT2D eigenvalue weighted by molar-refractivity contribution is 6.05. The van der Waals surface area contributed by atoms with Gasteiger partial charge in [0.15, 0.2) is 0 Å². The Hall–Kier alpha value is -1.72. The molecule has 1 unspecified atom stereocenters. The SMILES string of the molecule is CCc1nnc(CN2C(=O)CC(C)(C(C)C)C2=O)o1. The van der Waals surface area contributed by atoms with Crippen molar-refractivity contribution in [2.24, 2.45) is 11.3 Å². The maximum Gasteiger partial charge on any atom is 0.236 e. The minimum Gasteiger partial charge on any atom is -0.423 e. The molecule has 0 spiro atoms. The van der Waals surface area contributed by atoms with Gasteiger partial charge in [0.1, 0.15) is 6.54 Å². The van der Waals surface area contributed by atoms with Gasteiger partial charge in [-0.1, -0.05) is 20.8 Å². The Labute approximate surface area is 112 Å². The zero-order valence-corrected chi connectivity index (χ0v) is 11.8. The van der Waals surface area contributed by atoms with Crippen LogP contribution in [0.4, 0.5) is 0 Å². The van der Waals surface area contributed by atoms with Crippen LogP contribution in [0.5, 0.6) is 0 Å². The van der Waals surface area contributed by atoms with E-state index in [0.717, 1.165) is 0 Å². The van der Waals surface area contributed by atoms with Gasteiger partial charge in [-0.05, 0) is 12.8 Å². The van der Waals surface area contributed by atoms with Gasteiger partial charge >= 0.3 is 0 Å². The lowest BCUT2D eigenvalue weighted by Gasteiger charge is -2.25. The van der Waals surface area contributed by atoms with Crippen molar-refractivity contribution in [3.63, 3.8) is 0 Å². The molecular weight excluding hydrogens is 246 g/mol. The summed E-state index contributed by atoms with van der Waals surface area (Å²) in [6.07, 6.45) is 0.886. The van der Waals surface area contributed by atoms with Gasteiger partial charge in [0, 0.05) is 12.8 Å². The number of carbonyl (C=O) groups excluding carboxylic acids is 2. The highest BCUT2D eigenvalue weighted by Crippen LogP contribution is 2.39. The van der Waals surface area contributed by atoms with Crippen molar-refractivity contribution in [2.75, 3.05) is 0 Å². The van der Waals surface area contributed by atoms with Crippen LogP contribution < -0.4 is 0 Å². The Morgan fingerprint density at radius 1 is 1.32 bits per heavy atom. The first-order valence-corrected chi connectivity index (χ1v) is 6.54. The van der Waals surface area contributed by atoms with Crippen molar-refractivity contribution in [2.45, 2.75) is 47.1 Å². The van der Waals surface area contributed by atoms with Crippen LogP contribution in [-0.2, 0) is 22.6 Å². The zero-order chi connectivity index (χ0) is 14.2. The summed E-state index contributed by atoms with van der Waals surface area (Å²) >= 11 is 0. The van der Waals surface area contributed by atoms with Crippen molar-refractivity contribution in [3.8, 4) is 0 Å². The Kier molecular flexibility index (Phi) is 3.43. The maximum absolute atomic E-state index is 12.4. The number of hydrogen-bond acceptors (Lipinski definition) is 5. The molecule has 2 heterocycles. The predicted molar refractivity (Wildman–Crippen MR) is 66.8 cm³/mol. The first-order chi connectivity index (χ1) is 8.88. The van der Waals surface area contributed by atoms with Crippen LogP contribution in [0.25, 0.3) is 0 Å². The van der Waals surface area contributed by atoms with Gasteiger partial charge in [-0.15, -0.1) is 10.2 Å². The predicted octanol–water partition coefficient (Wildman–Crippen LogP) is 1.55. The molecule has 104 valence electrons. The lowest BCUT2D eigenvalue weighted by Crippen LogP contribution is -2.36. The highest BCUT2D eigenvalue weighted by atomic mass is 16.4. The third kappa shape index (κ3) is 2.27. The van der Waals surface area contributed by atoms with Crippen LogP contribution in [-0.4, -0.2) is 26.9 Å². The molecule has 0 radical (unpaired) electrons. The van der Waals surface area contributed by atoms with Crippen molar-refractivity contribution in [3.05, 3.63) is 11.8 Å². The number of aromatic nitrogens is 2. The van der Waals surface area contributed by atoms with Gasteiger partial charge in [0.05, 0.1) is 5.41 Å².